The van der Waals surface area contributed by atoms with E-state index in [0.29, 0.717) is 0 Å². The normalized spacial score (nSPS) is 14.2. The van der Waals surface area contributed by atoms with Crippen LogP contribution < -0.4 is 11.1 Å². The Labute approximate surface area is 118 Å². The summed E-state index contributed by atoms with van der Waals surface area (Å²) in [6.45, 7) is 5.70. The Bertz CT molecular complexity index is 362. The maximum Gasteiger partial charge on any atom is 0.326 e. The number of nitrogens with one attached hydrogen (secondary N) is 1. The molecule has 0 aromatic rings. The summed E-state index contributed by atoms with van der Waals surface area (Å²) in [5.41, 5.74) is 5.62. The molecule has 0 saturated heterocycles. The van der Waals surface area contributed by atoms with Gasteiger partial charge in [-0.15, -0.1) is 0 Å². The van der Waals surface area contributed by atoms with Gasteiger partial charge in [-0.25, -0.2) is 4.79 Å². The van der Waals surface area contributed by atoms with Crippen molar-refractivity contribution in [3.05, 3.63) is 0 Å². The summed E-state index contributed by atoms with van der Waals surface area (Å²) in [6, 6.07) is -1.49. The van der Waals surface area contributed by atoms with Gasteiger partial charge < -0.3 is 20.9 Å². The molecule has 2 atom stereocenters. The predicted octanol–water partition coefficient (Wildman–Crippen LogP) is 0.273. The number of carboxylic acid groups (broad SMARTS) is 1. The fraction of sp³-hybridized carbons (Fsp3) is 0.769. The Balaban J connectivity index is 4.42. The first kappa shape index (κ1) is 18.4. The van der Waals surface area contributed by atoms with Crippen LogP contribution in [0.25, 0.3) is 0 Å². The van der Waals surface area contributed by atoms with E-state index < -0.39 is 23.9 Å². The van der Waals surface area contributed by atoms with E-state index in [9.17, 15) is 14.4 Å². The number of methoxy groups -OCH3 is 1. The highest BCUT2D eigenvalue weighted by molar-refractivity contribution is 5.84. The van der Waals surface area contributed by atoms with Gasteiger partial charge in [0.25, 0.3) is 0 Å². The van der Waals surface area contributed by atoms with E-state index in [-0.39, 0.29) is 30.7 Å². The van der Waals surface area contributed by atoms with Gasteiger partial charge in [0.05, 0.1) is 7.11 Å². The van der Waals surface area contributed by atoms with Crippen LogP contribution in [0.15, 0.2) is 0 Å². The number of carbonyl (C=O) groups excluding carboxylic acids is 2. The van der Waals surface area contributed by atoms with Crippen molar-refractivity contribution in [1.29, 1.82) is 0 Å². The maximum absolute atomic E-state index is 11.8. The van der Waals surface area contributed by atoms with Gasteiger partial charge in [-0.2, -0.15) is 0 Å². The minimum Gasteiger partial charge on any atom is -0.480 e. The Kier molecular flexibility index (Phi) is 7.20. The van der Waals surface area contributed by atoms with Crippen LogP contribution in [0.1, 0.15) is 40.0 Å². The number of aliphatic carboxylic acids is 1. The first-order valence-corrected chi connectivity index (χ1v) is 6.42. The molecule has 0 saturated carbocycles. The average Bonchev–Trinajstić information content (AvgIpc) is 2.32. The second-order valence-corrected chi connectivity index (χ2v) is 5.75. The number of hydrogen-bond acceptors (Lipinski definition) is 5. The highest BCUT2D eigenvalue weighted by Gasteiger charge is 2.26. The molecule has 116 valence electrons. The minimum atomic E-state index is -1.19. The number of nitrogens with two attached hydrogens (primary N) is 1. The molecule has 0 heterocycles. The zero-order valence-corrected chi connectivity index (χ0v) is 12.4. The van der Waals surface area contributed by atoms with Gasteiger partial charge in [-0.3, -0.25) is 9.59 Å². The number of carboxylic acids is 1. The lowest BCUT2D eigenvalue weighted by molar-refractivity contribution is -0.144. The summed E-state index contributed by atoms with van der Waals surface area (Å²) in [7, 11) is 1.22. The van der Waals surface area contributed by atoms with Crippen molar-refractivity contribution in [2.75, 3.05) is 7.11 Å². The van der Waals surface area contributed by atoms with Crippen molar-refractivity contribution in [3.63, 3.8) is 0 Å². The van der Waals surface area contributed by atoms with Crippen molar-refractivity contribution in [2.24, 2.45) is 11.1 Å². The zero-order valence-electron chi connectivity index (χ0n) is 12.4. The number of rotatable bonds is 7. The monoisotopic (exact) mass is 288 g/mol. The van der Waals surface area contributed by atoms with Crippen LogP contribution in [0.2, 0.25) is 0 Å². The van der Waals surface area contributed by atoms with Crippen molar-refractivity contribution < 1.29 is 24.2 Å². The lowest BCUT2D eigenvalue weighted by Crippen LogP contribution is -2.45. The average molecular weight is 288 g/mol. The Morgan fingerprint density at radius 1 is 1.30 bits per heavy atom. The van der Waals surface area contributed by atoms with Crippen LogP contribution in [0.5, 0.6) is 0 Å². The molecule has 4 N–H and O–H groups in total. The van der Waals surface area contributed by atoms with Crippen molar-refractivity contribution in [3.8, 4) is 0 Å². The zero-order chi connectivity index (χ0) is 15.9. The quantitative estimate of drug-likeness (QED) is 0.579. The molecule has 0 bridgehead atoms. The molecule has 1 amide bonds. The summed E-state index contributed by atoms with van der Waals surface area (Å²) in [5.74, 6) is -2.15. The third-order valence-electron chi connectivity index (χ3n) is 3.02. The van der Waals surface area contributed by atoms with Gasteiger partial charge >= 0.3 is 11.9 Å². The van der Waals surface area contributed by atoms with Gasteiger partial charge in [0.2, 0.25) is 5.91 Å². The third kappa shape index (κ3) is 7.08. The van der Waals surface area contributed by atoms with E-state index in [0.717, 1.165) is 0 Å². The summed E-state index contributed by atoms with van der Waals surface area (Å²) < 4.78 is 4.43. The van der Waals surface area contributed by atoms with Crippen LogP contribution in [-0.4, -0.2) is 42.1 Å². The summed E-state index contributed by atoms with van der Waals surface area (Å²) >= 11 is 0. The fourth-order valence-electron chi connectivity index (χ4n) is 1.38. The SMILES string of the molecule is COC(=O)CCC(NC(=O)CC(N)C(C)(C)C)C(=O)O. The molecule has 0 rings (SSSR count). The topological polar surface area (TPSA) is 119 Å². The van der Waals surface area contributed by atoms with Gasteiger partial charge in [0.1, 0.15) is 6.04 Å². The molecule has 7 nitrogen and oxygen atoms in total. The maximum atomic E-state index is 11.8. The summed E-state index contributed by atoms with van der Waals surface area (Å²) in [5, 5.41) is 11.4. The molecule has 20 heavy (non-hydrogen) atoms. The highest BCUT2D eigenvalue weighted by Crippen LogP contribution is 2.19. The summed E-state index contributed by atoms with van der Waals surface area (Å²) in [6.07, 6.45) is -0.0525. The predicted molar refractivity (Wildman–Crippen MR) is 72.9 cm³/mol. The highest BCUT2D eigenvalue weighted by atomic mass is 16.5. The molecule has 7 heteroatoms. The minimum absolute atomic E-state index is 0.0154. The lowest BCUT2D eigenvalue weighted by atomic mass is 9.85. The summed E-state index contributed by atoms with van der Waals surface area (Å²) in [4.78, 5) is 33.8. The number of ether oxygens (including phenoxy) is 1. The molecule has 2 unspecified atom stereocenters. The second kappa shape index (κ2) is 7.84. The molecular formula is C13H24N2O5. The smallest absolute Gasteiger partial charge is 0.326 e. The van der Waals surface area contributed by atoms with Gasteiger partial charge in [0, 0.05) is 18.9 Å². The number of amides is 1. The molecule has 0 spiro atoms. The number of hydrogen-bond donors (Lipinski definition) is 3. The molecular weight excluding hydrogens is 264 g/mol. The first-order valence-electron chi connectivity index (χ1n) is 6.42. The van der Waals surface area contributed by atoms with Crippen LogP contribution in [0.3, 0.4) is 0 Å². The van der Waals surface area contributed by atoms with E-state index in [1.165, 1.54) is 7.11 Å². The van der Waals surface area contributed by atoms with Crippen LogP contribution in [0, 0.1) is 5.41 Å². The third-order valence-corrected chi connectivity index (χ3v) is 3.02. The van der Waals surface area contributed by atoms with Gasteiger partial charge in [0.15, 0.2) is 0 Å². The van der Waals surface area contributed by atoms with Gasteiger partial charge in [-0.1, -0.05) is 20.8 Å². The molecule has 0 aliphatic heterocycles. The number of esters is 1. The van der Waals surface area contributed by atoms with E-state index in [4.69, 9.17) is 10.8 Å². The molecule has 0 aliphatic carbocycles. The second-order valence-electron chi connectivity index (χ2n) is 5.75. The van der Waals surface area contributed by atoms with Crippen LogP contribution in [0.4, 0.5) is 0 Å². The van der Waals surface area contributed by atoms with E-state index in [1.54, 1.807) is 0 Å². The van der Waals surface area contributed by atoms with Crippen molar-refractivity contribution >= 4 is 17.8 Å². The Hall–Kier alpha value is -1.63. The van der Waals surface area contributed by atoms with E-state index >= 15 is 0 Å². The van der Waals surface area contributed by atoms with Crippen LogP contribution in [-0.2, 0) is 19.1 Å². The molecule has 0 aromatic carbocycles. The standard InChI is InChI=1S/C13H24N2O5/c1-13(2,3)9(14)7-10(16)15-8(12(18)19)5-6-11(17)20-4/h8-9H,5-7,14H2,1-4H3,(H,15,16)(H,18,19). The lowest BCUT2D eigenvalue weighted by Gasteiger charge is -2.27. The van der Waals surface area contributed by atoms with Crippen molar-refractivity contribution in [1.82, 2.24) is 5.32 Å². The largest absolute Gasteiger partial charge is 0.480 e. The van der Waals surface area contributed by atoms with Gasteiger partial charge in [-0.05, 0) is 11.8 Å². The Morgan fingerprint density at radius 2 is 1.85 bits per heavy atom. The molecule has 0 aliphatic rings. The van der Waals surface area contributed by atoms with E-state index in [2.05, 4.69) is 10.1 Å². The van der Waals surface area contributed by atoms with Crippen LogP contribution >= 0.6 is 0 Å². The molecule has 0 radical (unpaired) electrons. The number of carbonyl (C=O) groups is 3. The molecule has 0 fully saturated rings. The Morgan fingerprint density at radius 3 is 2.25 bits per heavy atom. The van der Waals surface area contributed by atoms with E-state index in [1.807, 2.05) is 20.8 Å². The first-order chi connectivity index (χ1) is 9.07. The molecule has 0 aromatic heterocycles. The van der Waals surface area contributed by atoms with Crippen molar-refractivity contribution in [2.45, 2.75) is 52.1 Å². The fourth-order valence-corrected chi connectivity index (χ4v) is 1.38.